The van der Waals surface area contributed by atoms with E-state index in [1.54, 1.807) is 23.0 Å². The zero-order valence-corrected chi connectivity index (χ0v) is 35.5. The van der Waals surface area contributed by atoms with Crippen molar-refractivity contribution in [3.05, 3.63) is 82.7 Å². The van der Waals surface area contributed by atoms with E-state index in [0.29, 0.717) is 93.3 Å². The van der Waals surface area contributed by atoms with Gasteiger partial charge in [0.2, 0.25) is 29.6 Å². The van der Waals surface area contributed by atoms with E-state index >= 15 is 8.78 Å². The number of aryl methyl sites for hydroxylation is 2. The van der Waals surface area contributed by atoms with Crippen molar-refractivity contribution in [3.63, 3.8) is 0 Å². The second-order valence-corrected chi connectivity index (χ2v) is 18.0. The Hall–Kier alpha value is -6.23. The Bertz CT molecular complexity index is 2540. The van der Waals surface area contributed by atoms with Gasteiger partial charge in [0.15, 0.2) is 0 Å². The maximum atomic E-state index is 15.3. The molecule has 10 rings (SSSR count). The summed E-state index contributed by atoms with van der Waals surface area (Å²) in [5.41, 5.74) is 5.55. The standard InChI is InChI=1S/C46H50F2N10O5/c1-27-18-30-20-37(50-27)33-23-49-54(2)44(33)63-17-3-9-46(10-11-46)26-58-38-19-28(4-6-36(38)51-45(58)53-41(30)60)24-55-13-15-56(16-14-55)43(62)29-8-12-57(25-29)31-21-34(47)40(35(48)22-31)32-5-7-39(59)52-42(32)61/h4,6,18-23,29,32H,3,5,7-17,24-26H2,1-2H3,(H,51,53,60)(H,52,59,61)/t29-,32-/m1/s1. The van der Waals surface area contributed by atoms with Gasteiger partial charge in [-0.3, -0.25) is 34.4 Å². The number of anilines is 3. The Balaban J connectivity index is 0.796. The van der Waals surface area contributed by atoms with Crippen molar-refractivity contribution in [1.29, 1.82) is 0 Å². The number of amides is 4. The van der Waals surface area contributed by atoms with Crippen LogP contribution in [0.25, 0.3) is 11.3 Å². The monoisotopic (exact) mass is 860 g/mol. The minimum Gasteiger partial charge on any atom is -0.477 e. The number of pyridine rings is 1. The number of imide groups is 1. The van der Waals surface area contributed by atoms with Crippen LogP contribution >= 0.6 is 0 Å². The van der Waals surface area contributed by atoms with E-state index in [0.717, 1.165) is 54.7 Å². The summed E-state index contributed by atoms with van der Waals surface area (Å²) in [4.78, 5) is 69.2. The molecule has 2 bridgehead atoms. The Morgan fingerprint density at radius 1 is 0.952 bits per heavy atom. The molecular weight excluding hydrogens is 811 g/mol. The van der Waals surface area contributed by atoms with Gasteiger partial charge in [0.1, 0.15) is 11.6 Å². The van der Waals surface area contributed by atoms with Crippen LogP contribution in [0.5, 0.6) is 5.88 Å². The molecule has 6 aliphatic rings. The molecule has 0 unspecified atom stereocenters. The molecule has 1 saturated carbocycles. The first-order valence-corrected chi connectivity index (χ1v) is 21.9. The van der Waals surface area contributed by atoms with E-state index in [1.165, 1.54) is 12.1 Å². The summed E-state index contributed by atoms with van der Waals surface area (Å²) in [5.74, 6) is -3.35. The molecule has 1 spiro atoms. The quantitative estimate of drug-likeness (QED) is 0.256. The number of hydrogen-bond acceptors (Lipinski definition) is 11. The van der Waals surface area contributed by atoms with E-state index in [-0.39, 0.29) is 41.6 Å². The van der Waals surface area contributed by atoms with E-state index in [4.69, 9.17) is 14.7 Å². The predicted molar refractivity (Wildman–Crippen MR) is 230 cm³/mol. The first kappa shape index (κ1) is 40.8. The number of piperidine rings is 1. The molecule has 0 radical (unpaired) electrons. The molecule has 3 saturated heterocycles. The zero-order valence-electron chi connectivity index (χ0n) is 35.5. The molecule has 5 aliphatic heterocycles. The Labute approximate surface area is 363 Å². The summed E-state index contributed by atoms with van der Waals surface area (Å²) >= 11 is 0. The van der Waals surface area contributed by atoms with Crippen LogP contribution < -0.4 is 25.2 Å². The number of carbonyl (C=O) groups is 4. The fraction of sp³-hybridized carbons (Fsp3) is 0.457. The molecule has 328 valence electrons. The lowest BCUT2D eigenvalue weighted by Gasteiger charge is -2.36. The highest BCUT2D eigenvalue weighted by Gasteiger charge is 2.46. The molecule has 1 aliphatic carbocycles. The highest BCUT2D eigenvalue weighted by atomic mass is 19.1. The van der Waals surface area contributed by atoms with Gasteiger partial charge in [-0.2, -0.15) is 10.1 Å². The van der Waals surface area contributed by atoms with E-state index in [9.17, 15) is 19.2 Å². The van der Waals surface area contributed by atoms with Gasteiger partial charge in [-0.05, 0) is 92.8 Å². The fourth-order valence-corrected chi connectivity index (χ4v) is 9.93. The zero-order chi connectivity index (χ0) is 43.6. The molecule has 7 heterocycles. The van der Waals surface area contributed by atoms with Crippen LogP contribution in [-0.2, 0) is 28.0 Å². The Kier molecular flexibility index (Phi) is 10.5. The first-order valence-electron chi connectivity index (χ1n) is 21.9. The van der Waals surface area contributed by atoms with Crippen LogP contribution in [-0.4, -0.2) is 107 Å². The van der Waals surface area contributed by atoms with Crippen molar-refractivity contribution in [2.24, 2.45) is 23.4 Å². The van der Waals surface area contributed by atoms with Crippen LogP contribution in [0.2, 0.25) is 0 Å². The highest BCUT2D eigenvalue weighted by molar-refractivity contribution is 6.19. The highest BCUT2D eigenvalue weighted by Crippen LogP contribution is 2.52. The molecule has 4 amide bonds. The third-order valence-corrected chi connectivity index (χ3v) is 13.6. The van der Waals surface area contributed by atoms with E-state index in [1.807, 2.05) is 23.8 Å². The van der Waals surface area contributed by atoms with Gasteiger partial charge in [-0.1, -0.05) is 6.07 Å². The van der Waals surface area contributed by atoms with Gasteiger partial charge in [0.25, 0.3) is 5.91 Å². The van der Waals surface area contributed by atoms with Crippen LogP contribution in [0, 0.1) is 29.9 Å². The van der Waals surface area contributed by atoms with E-state index in [2.05, 4.69) is 43.7 Å². The van der Waals surface area contributed by atoms with Gasteiger partial charge >= 0.3 is 0 Å². The summed E-state index contributed by atoms with van der Waals surface area (Å²) in [6.45, 7) is 7.15. The van der Waals surface area contributed by atoms with Crippen molar-refractivity contribution in [1.82, 2.24) is 29.9 Å². The van der Waals surface area contributed by atoms with Crippen LogP contribution in [0.4, 0.5) is 25.8 Å². The molecule has 2 atom stereocenters. The summed E-state index contributed by atoms with van der Waals surface area (Å²) in [5, 5.41) is 10.0. The van der Waals surface area contributed by atoms with Crippen LogP contribution in [0.1, 0.15) is 78.0 Å². The summed E-state index contributed by atoms with van der Waals surface area (Å²) in [6.07, 6.45) is 6.37. The lowest BCUT2D eigenvalue weighted by atomic mass is 9.89. The van der Waals surface area contributed by atoms with Gasteiger partial charge in [0.05, 0.1) is 47.3 Å². The average molecular weight is 861 g/mol. The normalized spacial score (nSPS) is 23.1. The van der Waals surface area contributed by atoms with Crippen molar-refractivity contribution in [2.75, 3.05) is 67.5 Å². The number of fused-ring (bicyclic) bond motifs is 7. The number of benzene rings is 2. The Morgan fingerprint density at radius 2 is 1.75 bits per heavy atom. The van der Waals surface area contributed by atoms with Crippen molar-refractivity contribution < 1.29 is 32.7 Å². The molecular formula is C46H50F2N10O5. The van der Waals surface area contributed by atoms with Gasteiger partial charge in [0, 0.05) is 88.3 Å². The molecule has 2 aromatic heterocycles. The second kappa shape index (κ2) is 16.2. The number of rotatable bonds is 5. The van der Waals surface area contributed by atoms with Crippen molar-refractivity contribution in [3.8, 4) is 17.1 Å². The third-order valence-electron chi connectivity index (χ3n) is 13.6. The number of nitrogens with zero attached hydrogens (tertiary/aromatic N) is 8. The molecule has 4 aromatic rings. The SMILES string of the molecule is Cc1cc2cc(n1)-c1cnn(C)c1OCCCC1(CC1)CN1/C(=N/C2=O)Nc2ccc(CN3CCN(C(=O)[C@@H]4CCN(c5cc(F)c([C@H]6CCC(=O)NC6=O)c(F)c5)C4)CC3)cc21. The number of hydrogen-bond donors (Lipinski definition) is 2. The van der Waals surface area contributed by atoms with Crippen molar-refractivity contribution in [2.45, 2.75) is 64.3 Å². The topological polar surface area (TPSA) is 158 Å². The van der Waals surface area contributed by atoms with Gasteiger partial charge in [-0.25, -0.2) is 13.5 Å². The lowest BCUT2D eigenvalue weighted by Crippen LogP contribution is -2.50. The van der Waals surface area contributed by atoms with Crippen LogP contribution in [0.3, 0.4) is 0 Å². The molecule has 15 nitrogen and oxygen atoms in total. The molecule has 63 heavy (non-hydrogen) atoms. The largest absolute Gasteiger partial charge is 0.477 e. The number of carbonyl (C=O) groups excluding carboxylic acids is 4. The van der Waals surface area contributed by atoms with Gasteiger partial charge in [-0.15, -0.1) is 0 Å². The lowest BCUT2D eigenvalue weighted by molar-refractivity contribution is -0.137. The maximum absolute atomic E-state index is 15.3. The molecule has 2 aromatic carbocycles. The molecule has 4 fully saturated rings. The first-order chi connectivity index (χ1) is 30.4. The maximum Gasteiger partial charge on any atom is 0.280 e. The predicted octanol–water partition coefficient (Wildman–Crippen LogP) is 5.14. The average Bonchev–Trinajstić information content (AvgIpc) is 3.51. The summed E-state index contributed by atoms with van der Waals surface area (Å²) in [7, 11) is 1.84. The fourth-order valence-electron chi connectivity index (χ4n) is 9.93. The minimum atomic E-state index is -1.06. The Morgan fingerprint density at radius 3 is 2.51 bits per heavy atom. The van der Waals surface area contributed by atoms with Gasteiger partial charge < -0.3 is 24.8 Å². The third kappa shape index (κ3) is 8.02. The smallest absolute Gasteiger partial charge is 0.280 e. The number of nitrogens with one attached hydrogen (secondary N) is 2. The molecule has 2 N–H and O–H groups in total. The number of halogens is 2. The van der Waals surface area contributed by atoms with E-state index < -0.39 is 29.4 Å². The van der Waals surface area contributed by atoms with Crippen LogP contribution in [0.15, 0.2) is 53.7 Å². The number of guanidine groups is 1. The second-order valence-electron chi connectivity index (χ2n) is 18.0. The summed E-state index contributed by atoms with van der Waals surface area (Å²) in [6, 6.07) is 12.3. The number of piperazine rings is 1. The minimum absolute atomic E-state index is 0.0223. The number of aliphatic imine (C=N–C) groups is 1. The number of aromatic nitrogens is 3. The van der Waals surface area contributed by atoms with Crippen molar-refractivity contribution >= 4 is 46.7 Å². The number of ether oxygens (including phenoxy) is 1. The molecule has 17 heteroatoms. The summed E-state index contributed by atoms with van der Waals surface area (Å²) < 4.78 is 38.6.